The number of aliphatic hydroxyl groups is 1. The molecule has 88 valence electrons. The van der Waals surface area contributed by atoms with E-state index < -0.39 is 6.10 Å². The van der Waals surface area contributed by atoms with Gasteiger partial charge < -0.3 is 15.3 Å². The first kappa shape index (κ1) is 12.8. The van der Waals surface area contributed by atoms with E-state index in [1.54, 1.807) is 38.4 Å². The van der Waals surface area contributed by atoms with Crippen LogP contribution in [0.5, 0.6) is 0 Å². The summed E-state index contributed by atoms with van der Waals surface area (Å²) in [7, 11) is 3.29. The Balaban J connectivity index is 2.49. The van der Waals surface area contributed by atoms with Gasteiger partial charge in [0.1, 0.15) is 0 Å². The highest BCUT2D eigenvalue weighted by atomic mass is 35.5. The first-order valence-electron chi connectivity index (χ1n) is 4.89. The molecule has 2 amide bonds. The molecule has 1 aromatic rings. The first-order valence-corrected chi connectivity index (χ1v) is 5.27. The summed E-state index contributed by atoms with van der Waals surface area (Å²) in [6, 6.07) is 6.64. The van der Waals surface area contributed by atoms with E-state index in [9.17, 15) is 9.90 Å². The summed E-state index contributed by atoms with van der Waals surface area (Å²) in [6.45, 7) is 0.179. The van der Waals surface area contributed by atoms with E-state index in [4.69, 9.17) is 11.6 Å². The zero-order valence-corrected chi connectivity index (χ0v) is 10.0. The summed E-state index contributed by atoms with van der Waals surface area (Å²) in [5.41, 5.74) is 0.725. The molecule has 1 rings (SSSR count). The van der Waals surface area contributed by atoms with E-state index in [0.717, 1.165) is 5.56 Å². The van der Waals surface area contributed by atoms with Crippen molar-refractivity contribution in [2.24, 2.45) is 0 Å². The van der Waals surface area contributed by atoms with Crippen LogP contribution in [0.4, 0.5) is 4.79 Å². The van der Waals surface area contributed by atoms with Crippen LogP contribution in [0.25, 0.3) is 0 Å². The van der Waals surface area contributed by atoms with Gasteiger partial charge in [0.25, 0.3) is 0 Å². The number of nitrogens with one attached hydrogen (secondary N) is 1. The molecule has 0 saturated carbocycles. The normalized spacial score (nSPS) is 12.0. The van der Waals surface area contributed by atoms with Crippen LogP contribution >= 0.6 is 11.6 Å². The lowest BCUT2D eigenvalue weighted by atomic mass is 10.1. The number of hydrogen-bond acceptors (Lipinski definition) is 2. The molecule has 0 aromatic heterocycles. The molecule has 1 aromatic carbocycles. The zero-order valence-electron chi connectivity index (χ0n) is 9.27. The van der Waals surface area contributed by atoms with Gasteiger partial charge in [-0.3, -0.25) is 0 Å². The fourth-order valence-corrected chi connectivity index (χ4v) is 1.27. The van der Waals surface area contributed by atoms with Gasteiger partial charge in [-0.05, 0) is 17.7 Å². The third kappa shape index (κ3) is 3.72. The second-order valence-corrected chi connectivity index (χ2v) is 4.08. The van der Waals surface area contributed by atoms with Crippen molar-refractivity contribution in [1.29, 1.82) is 0 Å². The topological polar surface area (TPSA) is 52.6 Å². The van der Waals surface area contributed by atoms with Crippen molar-refractivity contribution >= 4 is 17.6 Å². The second-order valence-electron chi connectivity index (χ2n) is 3.65. The van der Waals surface area contributed by atoms with Crippen molar-refractivity contribution in [3.8, 4) is 0 Å². The SMILES string of the molecule is CN(C)C(=O)NCC(O)c1ccc(Cl)cc1. The molecule has 0 bridgehead atoms. The summed E-state index contributed by atoms with van der Waals surface area (Å²) in [4.78, 5) is 12.6. The van der Waals surface area contributed by atoms with Crippen LogP contribution in [0.15, 0.2) is 24.3 Å². The Hall–Kier alpha value is -1.26. The smallest absolute Gasteiger partial charge is 0.316 e. The highest BCUT2D eigenvalue weighted by molar-refractivity contribution is 6.30. The van der Waals surface area contributed by atoms with Crippen molar-refractivity contribution in [3.63, 3.8) is 0 Å². The molecule has 0 aliphatic rings. The number of carbonyl (C=O) groups excluding carboxylic acids is 1. The van der Waals surface area contributed by atoms with Gasteiger partial charge in [0.2, 0.25) is 0 Å². The number of urea groups is 1. The predicted molar refractivity (Wildman–Crippen MR) is 63.5 cm³/mol. The molecule has 1 atom stereocenters. The summed E-state index contributed by atoms with van der Waals surface area (Å²) in [5, 5.41) is 13.0. The lowest BCUT2D eigenvalue weighted by Gasteiger charge is -2.15. The summed E-state index contributed by atoms with van der Waals surface area (Å²) in [5.74, 6) is 0. The maximum Gasteiger partial charge on any atom is 0.316 e. The van der Waals surface area contributed by atoms with Crippen molar-refractivity contribution < 1.29 is 9.90 Å². The number of aliphatic hydroxyl groups excluding tert-OH is 1. The summed E-state index contributed by atoms with van der Waals surface area (Å²) >= 11 is 5.73. The predicted octanol–water partition coefficient (Wildman–Crippen LogP) is 1.64. The minimum Gasteiger partial charge on any atom is -0.387 e. The van der Waals surface area contributed by atoms with Gasteiger partial charge in [0, 0.05) is 25.7 Å². The Morgan fingerprint density at radius 3 is 2.50 bits per heavy atom. The molecular formula is C11H15ClN2O2. The van der Waals surface area contributed by atoms with Crippen LogP contribution in [0.3, 0.4) is 0 Å². The molecule has 1 unspecified atom stereocenters. The van der Waals surface area contributed by atoms with Crippen LogP contribution in [0.2, 0.25) is 5.02 Å². The lowest BCUT2D eigenvalue weighted by Crippen LogP contribution is -2.36. The van der Waals surface area contributed by atoms with Crippen LogP contribution in [0.1, 0.15) is 11.7 Å². The van der Waals surface area contributed by atoms with Gasteiger partial charge in [0.05, 0.1) is 6.10 Å². The molecule has 5 heteroatoms. The van der Waals surface area contributed by atoms with Gasteiger partial charge in [-0.2, -0.15) is 0 Å². The summed E-state index contributed by atoms with van der Waals surface area (Å²) < 4.78 is 0. The molecule has 0 heterocycles. The molecule has 0 radical (unpaired) electrons. The van der Waals surface area contributed by atoms with Crippen LogP contribution in [0, 0.1) is 0 Å². The molecule has 4 nitrogen and oxygen atoms in total. The van der Waals surface area contributed by atoms with Crippen LogP contribution < -0.4 is 5.32 Å². The molecule has 0 aliphatic heterocycles. The third-order valence-corrected chi connectivity index (χ3v) is 2.36. The molecule has 0 saturated heterocycles. The molecule has 0 fully saturated rings. The number of nitrogens with zero attached hydrogens (tertiary/aromatic N) is 1. The van der Waals surface area contributed by atoms with Crippen molar-refractivity contribution in [3.05, 3.63) is 34.9 Å². The average Bonchev–Trinajstić information content (AvgIpc) is 2.26. The molecule has 0 spiro atoms. The van der Waals surface area contributed by atoms with E-state index in [2.05, 4.69) is 5.32 Å². The average molecular weight is 243 g/mol. The number of rotatable bonds is 3. The Morgan fingerprint density at radius 1 is 1.44 bits per heavy atom. The first-order chi connectivity index (χ1) is 7.50. The Bertz CT molecular complexity index is 352. The minimum absolute atomic E-state index is 0.179. The van der Waals surface area contributed by atoms with E-state index in [1.807, 2.05) is 0 Å². The van der Waals surface area contributed by atoms with Gasteiger partial charge in [-0.1, -0.05) is 23.7 Å². The standard InChI is InChI=1S/C11H15ClN2O2/c1-14(2)11(16)13-7-10(15)8-3-5-9(12)6-4-8/h3-6,10,15H,7H2,1-2H3,(H,13,16). The largest absolute Gasteiger partial charge is 0.387 e. The monoisotopic (exact) mass is 242 g/mol. The lowest BCUT2D eigenvalue weighted by molar-refractivity contribution is 0.167. The Labute approximate surface area is 99.8 Å². The zero-order chi connectivity index (χ0) is 12.1. The number of carbonyl (C=O) groups is 1. The van der Waals surface area contributed by atoms with Crippen molar-refractivity contribution in [2.45, 2.75) is 6.10 Å². The number of benzene rings is 1. The Kier molecular flexibility index (Phi) is 4.58. The van der Waals surface area contributed by atoms with E-state index in [-0.39, 0.29) is 12.6 Å². The fourth-order valence-electron chi connectivity index (χ4n) is 1.14. The van der Waals surface area contributed by atoms with Crippen molar-refractivity contribution in [2.75, 3.05) is 20.6 Å². The maximum absolute atomic E-state index is 11.2. The van der Waals surface area contributed by atoms with Crippen LogP contribution in [-0.4, -0.2) is 36.7 Å². The van der Waals surface area contributed by atoms with Crippen LogP contribution in [-0.2, 0) is 0 Å². The second kappa shape index (κ2) is 5.72. The number of hydrogen-bond donors (Lipinski definition) is 2. The molecule has 16 heavy (non-hydrogen) atoms. The van der Waals surface area contributed by atoms with E-state index in [0.29, 0.717) is 5.02 Å². The van der Waals surface area contributed by atoms with Gasteiger partial charge in [-0.25, -0.2) is 4.79 Å². The Morgan fingerprint density at radius 2 is 2.00 bits per heavy atom. The van der Waals surface area contributed by atoms with Gasteiger partial charge >= 0.3 is 6.03 Å². The molecule has 0 aliphatic carbocycles. The molecule has 2 N–H and O–H groups in total. The highest BCUT2D eigenvalue weighted by Crippen LogP contribution is 2.15. The summed E-state index contributed by atoms with van der Waals surface area (Å²) in [6.07, 6.45) is -0.721. The van der Waals surface area contributed by atoms with E-state index >= 15 is 0 Å². The number of halogens is 1. The quantitative estimate of drug-likeness (QED) is 0.847. The fraction of sp³-hybridized carbons (Fsp3) is 0.364. The van der Waals surface area contributed by atoms with E-state index in [1.165, 1.54) is 4.90 Å². The molecular weight excluding hydrogens is 228 g/mol. The number of amides is 2. The highest BCUT2D eigenvalue weighted by Gasteiger charge is 2.09. The van der Waals surface area contributed by atoms with Gasteiger partial charge in [0.15, 0.2) is 0 Å². The van der Waals surface area contributed by atoms with Crippen molar-refractivity contribution in [1.82, 2.24) is 10.2 Å². The van der Waals surface area contributed by atoms with Gasteiger partial charge in [-0.15, -0.1) is 0 Å². The third-order valence-electron chi connectivity index (χ3n) is 2.11. The minimum atomic E-state index is -0.721. The maximum atomic E-state index is 11.2.